The standard InChI is InChI=1S/C12H12BrClN2O2S2/c1-7(12-9(13)4-5-19-12)16-11-6-8(20(15,17)18)2-3-10(11)14/h2-7,16H,1H3,(H2,15,17,18). The zero-order valence-corrected chi connectivity index (χ0v) is 14.4. The fraction of sp³-hybridized carbons (Fsp3) is 0.167. The first-order valence-electron chi connectivity index (χ1n) is 5.61. The van der Waals surface area contributed by atoms with Crippen LogP contribution in [0.4, 0.5) is 5.69 Å². The zero-order chi connectivity index (χ0) is 14.9. The number of hydrogen-bond acceptors (Lipinski definition) is 4. The first kappa shape index (κ1) is 15.8. The highest BCUT2D eigenvalue weighted by Crippen LogP contribution is 2.33. The summed E-state index contributed by atoms with van der Waals surface area (Å²) in [4.78, 5) is 1.13. The Hall–Kier alpha value is -0.600. The predicted molar refractivity (Wildman–Crippen MR) is 86.9 cm³/mol. The van der Waals surface area contributed by atoms with Crippen molar-refractivity contribution in [3.63, 3.8) is 0 Å². The van der Waals surface area contributed by atoms with Gasteiger partial charge < -0.3 is 5.32 Å². The van der Waals surface area contributed by atoms with Crippen LogP contribution in [0, 0.1) is 0 Å². The van der Waals surface area contributed by atoms with E-state index in [-0.39, 0.29) is 10.9 Å². The van der Waals surface area contributed by atoms with E-state index in [9.17, 15) is 8.42 Å². The smallest absolute Gasteiger partial charge is 0.238 e. The summed E-state index contributed by atoms with van der Waals surface area (Å²) in [5, 5.41) is 10.7. The second-order valence-corrected chi connectivity index (χ2v) is 7.96. The first-order chi connectivity index (χ1) is 9.29. The van der Waals surface area contributed by atoms with Gasteiger partial charge in [0.25, 0.3) is 0 Å². The first-order valence-corrected chi connectivity index (χ1v) is 9.20. The van der Waals surface area contributed by atoms with Crippen molar-refractivity contribution in [2.75, 3.05) is 5.32 Å². The van der Waals surface area contributed by atoms with Gasteiger partial charge in [0.05, 0.1) is 21.6 Å². The number of benzene rings is 1. The molecule has 0 radical (unpaired) electrons. The monoisotopic (exact) mass is 394 g/mol. The third kappa shape index (κ3) is 3.53. The molecule has 0 fully saturated rings. The quantitative estimate of drug-likeness (QED) is 0.822. The van der Waals surface area contributed by atoms with Gasteiger partial charge in [0, 0.05) is 9.35 Å². The number of halogens is 2. The highest BCUT2D eigenvalue weighted by molar-refractivity contribution is 9.10. The number of hydrogen-bond donors (Lipinski definition) is 2. The van der Waals surface area contributed by atoms with Gasteiger partial charge in [-0.1, -0.05) is 11.6 Å². The molecule has 3 N–H and O–H groups in total. The molecule has 1 heterocycles. The summed E-state index contributed by atoms with van der Waals surface area (Å²) in [6.45, 7) is 1.97. The SMILES string of the molecule is CC(Nc1cc(S(N)(=O)=O)ccc1Cl)c1sccc1Br. The molecule has 0 saturated heterocycles. The minimum atomic E-state index is -3.75. The summed E-state index contributed by atoms with van der Waals surface area (Å²) in [5.74, 6) is 0. The molecule has 4 nitrogen and oxygen atoms in total. The van der Waals surface area contributed by atoms with E-state index in [2.05, 4.69) is 21.2 Å². The number of nitrogens with two attached hydrogens (primary N) is 1. The van der Waals surface area contributed by atoms with Gasteiger partial charge in [-0.05, 0) is 52.5 Å². The molecular formula is C12H12BrClN2O2S2. The minimum Gasteiger partial charge on any atom is -0.376 e. The molecule has 8 heteroatoms. The Morgan fingerprint density at radius 3 is 2.65 bits per heavy atom. The minimum absolute atomic E-state index is 0.0161. The molecule has 0 aliphatic heterocycles. The number of nitrogens with one attached hydrogen (secondary N) is 1. The highest BCUT2D eigenvalue weighted by Gasteiger charge is 2.15. The van der Waals surface area contributed by atoms with E-state index in [0.717, 1.165) is 9.35 Å². The fourth-order valence-electron chi connectivity index (χ4n) is 1.71. The maximum atomic E-state index is 11.4. The molecule has 0 saturated carbocycles. The molecule has 20 heavy (non-hydrogen) atoms. The van der Waals surface area contributed by atoms with E-state index in [1.54, 1.807) is 11.3 Å². The van der Waals surface area contributed by atoms with Crippen molar-refractivity contribution in [1.29, 1.82) is 0 Å². The van der Waals surface area contributed by atoms with Gasteiger partial charge in [-0.3, -0.25) is 0 Å². The van der Waals surface area contributed by atoms with Crippen LogP contribution >= 0.6 is 38.9 Å². The lowest BCUT2D eigenvalue weighted by molar-refractivity contribution is 0.598. The van der Waals surface area contributed by atoms with E-state index in [4.69, 9.17) is 16.7 Å². The molecular weight excluding hydrogens is 384 g/mol. The van der Waals surface area contributed by atoms with E-state index in [0.29, 0.717) is 10.7 Å². The van der Waals surface area contributed by atoms with Crippen molar-refractivity contribution in [2.45, 2.75) is 17.9 Å². The third-order valence-corrected chi connectivity index (χ3v) is 5.97. The Morgan fingerprint density at radius 2 is 2.10 bits per heavy atom. The molecule has 0 spiro atoms. The summed E-state index contributed by atoms with van der Waals surface area (Å²) < 4.78 is 23.7. The lowest BCUT2D eigenvalue weighted by atomic mass is 10.2. The molecule has 2 aromatic rings. The van der Waals surface area contributed by atoms with E-state index >= 15 is 0 Å². The summed E-state index contributed by atoms with van der Waals surface area (Å²) in [6, 6.07) is 6.28. The van der Waals surface area contributed by atoms with Crippen LogP contribution in [0.1, 0.15) is 17.8 Å². The third-order valence-electron chi connectivity index (χ3n) is 2.68. The molecule has 0 bridgehead atoms. The maximum Gasteiger partial charge on any atom is 0.238 e. The molecule has 2 rings (SSSR count). The Morgan fingerprint density at radius 1 is 1.40 bits per heavy atom. The number of primary sulfonamides is 1. The zero-order valence-electron chi connectivity index (χ0n) is 10.4. The number of sulfonamides is 1. The van der Waals surface area contributed by atoms with Crippen molar-refractivity contribution in [3.8, 4) is 0 Å². The number of anilines is 1. The van der Waals surface area contributed by atoms with Crippen LogP contribution in [0.3, 0.4) is 0 Å². The normalized spacial score (nSPS) is 13.2. The van der Waals surface area contributed by atoms with Crippen LogP contribution in [0.5, 0.6) is 0 Å². The second kappa shape index (κ2) is 6.03. The topological polar surface area (TPSA) is 72.2 Å². The van der Waals surface area contributed by atoms with Crippen LogP contribution in [-0.4, -0.2) is 8.42 Å². The Balaban J connectivity index is 2.32. The van der Waals surface area contributed by atoms with Gasteiger partial charge >= 0.3 is 0 Å². The van der Waals surface area contributed by atoms with Crippen molar-refractivity contribution in [3.05, 3.63) is 44.0 Å². The van der Waals surface area contributed by atoms with Gasteiger partial charge in [0.1, 0.15) is 0 Å². The second-order valence-electron chi connectivity index (χ2n) is 4.19. The van der Waals surface area contributed by atoms with E-state index in [1.165, 1.54) is 18.2 Å². The number of rotatable bonds is 4. The van der Waals surface area contributed by atoms with Crippen LogP contribution in [-0.2, 0) is 10.0 Å². The Kier molecular flexibility index (Phi) is 4.76. The lowest BCUT2D eigenvalue weighted by Gasteiger charge is -2.16. The van der Waals surface area contributed by atoms with Crippen LogP contribution in [0.25, 0.3) is 0 Å². The van der Waals surface area contributed by atoms with Crippen LogP contribution < -0.4 is 10.5 Å². The molecule has 1 aromatic carbocycles. The van der Waals surface area contributed by atoms with Gasteiger partial charge in [-0.25, -0.2) is 13.6 Å². The van der Waals surface area contributed by atoms with Gasteiger partial charge in [0.2, 0.25) is 10.0 Å². The van der Waals surface area contributed by atoms with E-state index in [1.807, 2.05) is 18.4 Å². The molecule has 1 atom stereocenters. The molecule has 0 aliphatic rings. The lowest BCUT2D eigenvalue weighted by Crippen LogP contribution is -2.13. The average molecular weight is 396 g/mol. The van der Waals surface area contributed by atoms with Crippen molar-refractivity contribution >= 4 is 54.6 Å². The molecule has 1 unspecified atom stereocenters. The molecule has 1 aromatic heterocycles. The fourth-order valence-corrected chi connectivity index (χ4v) is 4.14. The molecule has 108 valence electrons. The Labute approximate surface area is 135 Å². The summed E-state index contributed by atoms with van der Waals surface area (Å²) in [5.41, 5.74) is 0.533. The number of thiophene rings is 1. The van der Waals surface area contributed by atoms with Gasteiger partial charge in [0.15, 0.2) is 0 Å². The van der Waals surface area contributed by atoms with Crippen LogP contribution in [0.2, 0.25) is 5.02 Å². The largest absolute Gasteiger partial charge is 0.376 e. The Bertz CT molecular complexity index is 731. The average Bonchev–Trinajstić information content (AvgIpc) is 2.77. The van der Waals surface area contributed by atoms with Gasteiger partial charge in [-0.2, -0.15) is 0 Å². The summed E-state index contributed by atoms with van der Waals surface area (Å²) in [6.07, 6.45) is 0. The van der Waals surface area contributed by atoms with E-state index < -0.39 is 10.0 Å². The van der Waals surface area contributed by atoms with Crippen LogP contribution in [0.15, 0.2) is 39.0 Å². The highest BCUT2D eigenvalue weighted by atomic mass is 79.9. The van der Waals surface area contributed by atoms with Gasteiger partial charge in [-0.15, -0.1) is 11.3 Å². The van der Waals surface area contributed by atoms with Crippen molar-refractivity contribution in [2.24, 2.45) is 5.14 Å². The molecule has 0 aliphatic carbocycles. The molecule has 0 amide bonds. The van der Waals surface area contributed by atoms with Crippen molar-refractivity contribution in [1.82, 2.24) is 0 Å². The maximum absolute atomic E-state index is 11.4. The summed E-state index contributed by atoms with van der Waals surface area (Å²) in [7, 11) is -3.75. The predicted octanol–water partition coefficient (Wildman–Crippen LogP) is 3.98. The van der Waals surface area contributed by atoms with Crippen molar-refractivity contribution < 1.29 is 8.42 Å². The summed E-state index contributed by atoms with van der Waals surface area (Å²) >= 11 is 11.1.